The van der Waals surface area contributed by atoms with Gasteiger partial charge in [0.1, 0.15) is 11.6 Å². The number of nitrogens with one attached hydrogen (secondary N) is 1. The van der Waals surface area contributed by atoms with Gasteiger partial charge < -0.3 is 10.1 Å². The molecule has 4 rings (SSSR count). The van der Waals surface area contributed by atoms with Crippen LogP contribution in [0.4, 0.5) is 5.82 Å². The summed E-state index contributed by atoms with van der Waals surface area (Å²) in [6.07, 6.45) is 0. The lowest BCUT2D eigenvalue weighted by Gasteiger charge is -2.12. The molecule has 3 aromatic rings. The van der Waals surface area contributed by atoms with Crippen molar-refractivity contribution >= 4 is 35.1 Å². The highest BCUT2D eigenvalue weighted by Crippen LogP contribution is 2.36. The quantitative estimate of drug-likeness (QED) is 0.716. The third kappa shape index (κ3) is 3.06. The monoisotopic (exact) mass is 385 g/mol. The first kappa shape index (κ1) is 17.0. The number of hydrogen-bond acceptors (Lipinski definition) is 4. The topological polar surface area (TPSA) is 56.1 Å². The average molecular weight is 386 g/mol. The fourth-order valence-corrected chi connectivity index (χ4v) is 4.08. The van der Waals surface area contributed by atoms with E-state index in [1.807, 2.05) is 36.4 Å². The summed E-state index contributed by atoms with van der Waals surface area (Å²) in [4.78, 5) is 12.9. The number of benzene rings is 2. The molecule has 1 aliphatic heterocycles. The molecule has 132 valence electrons. The van der Waals surface area contributed by atoms with Crippen molar-refractivity contribution in [2.24, 2.45) is 0 Å². The summed E-state index contributed by atoms with van der Waals surface area (Å²) in [5.41, 5.74) is 3.40. The predicted octanol–water partition coefficient (Wildman–Crippen LogP) is 4.53. The third-order valence-corrected chi connectivity index (χ3v) is 5.43. The van der Waals surface area contributed by atoms with Gasteiger partial charge in [0.25, 0.3) is 5.91 Å². The zero-order valence-electron chi connectivity index (χ0n) is 14.0. The fourth-order valence-electron chi connectivity index (χ4n) is 2.92. The summed E-state index contributed by atoms with van der Waals surface area (Å²) in [5, 5.41) is 8.37. The van der Waals surface area contributed by atoms with E-state index in [1.54, 1.807) is 35.7 Å². The first-order valence-corrected chi connectivity index (χ1v) is 9.59. The maximum Gasteiger partial charge on any atom is 0.260 e. The largest absolute Gasteiger partial charge is 0.496 e. The average Bonchev–Trinajstić information content (AvgIpc) is 3.25. The Kier molecular flexibility index (Phi) is 4.61. The maximum absolute atomic E-state index is 12.9. The Bertz CT molecular complexity index is 969. The molecule has 0 spiro atoms. The van der Waals surface area contributed by atoms with Crippen molar-refractivity contribution in [2.45, 2.75) is 11.5 Å². The van der Waals surface area contributed by atoms with Gasteiger partial charge in [-0.25, -0.2) is 4.68 Å². The molecule has 7 heteroatoms. The molecule has 0 radical (unpaired) electrons. The molecular formula is C19H16ClN3O2S. The molecule has 1 aliphatic rings. The molecule has 0 bridgehead atoms. The number of amides is 1. The molecule has 2 heterocycles. The summed E-state index contributed by atoms with van der Waals surface area (Å²) >= 11 is 7.78. The molecule has 26 heavy (non-hydrogen) atoms. The summed E-state index contributed by atoms with van der Waals surface area (Å²) in [7, 11) is 1.55. The molecule has 0 unspecified atom stereocenters. The van der Waals surface area contributed by atoms with Crippen molar-refractivity contribution in [3.8, 4) is 11.4 Å². The fraction of sp³-hybridized carbons (Fsp3) is 0.158. The minimum absolute atomic E-state index is 0.225. The lowest BCUT2D eigenvalue weighted by Crippen LogP contribution is -2.17. The van der Waals surface area contributed by atoms with Crippen molar-refractivity contribution in [1.82, 2.24) is 9.78 Å². The van der Waals surface area contributed by atoms with Gasteiger partial charge in [-0.1, -0.05) is 23.7 Å². The van der Waals surface area contributed by atoms with Gasteiger partial charge in [0, 0.05) is 22.1 Å². The summed E-state index contributed by atoms with van der Waals surface area (Å²) in [6, 6.07) is 14.6. The smallest absolute Gasteiger partial charge is 0.260 e. The van der Waals surface area contributed by atoms with E-state index in [0.717, 1.165) is 28.5 Å². The van der Waals surface area contributed by atoms with Crippen molar-refractivity contribution in [2.75, 3.05) is 12.4 Å². The molecule has 5 nitrogen and oxygen atoms in total. The predicted molar refractivity (Wildman–Crippen MR) is 105 cm³/mol. The van der Waals surface area contributed by atoms with Gasteiger partial charge >= 0.3 is 0 Å². The summed E-state index contributed by atoms with van der Waals surface area (Å²) < 4.78 is 7.08. The summed E-state index contributed by atoms with van der Waals surface area (Å²) in [5.74, 6) is 2.67. The zero-order valence-corrected chi connectivity index (χ0v) is 15.6. The van der Waals surface area contributed by atoms with Crippen LogP contribution in [0.1, 0.15) is 21.6 Å². The number of thioether (sulfide) groups is 1. The summed E-state index contributed by atoms with van der Waals surface area (Å²) in [6.45, 7) is 0. The van der Waals surface area contributed by atoms with Crippen LogP contribution in [0.15, 0.2) is 48.5 Å². The number of halogens is 1. The minimum Gasteiger partial charge on any atom is -0.496 e. The SMILES string of the molecule is COc1ccccc1C(=O)Nc1c2c(nn1-c1ccc(Cl)cc1)CSC2. The maximum atomic E-state index is 12.9. The van der Waals surface area contributed by atoms with Gasteiger partial charge in [0.05, 0.1) is 24.1 Å². The Hall–Kier alpha value is -2.44. The molecule has 0 saturated carbocycles. The molecule has 1 amide bonds. The highest BCUT2D eigenvalue weighted by Gasteiger charge is 2.25. The van der Waals surface area contributed by atoms with Gasteiger partial charge in [-0.05, 0) is 36.4 Å². The van der Waals surface area contributed by atoms with Crippen LogP contribution in [0, 0.1) is 0 Å². The number of fused-ring (bicyclic) bond motifs is 1. The molecule has 0 fully saturated rings. The Labute approximate surface area is 160 Å². The lowest BCUT2D eigenvalue weighted by atomic mass is 10.2. The number of anilines is 1. The Morgan fingerprint density at radius 2 is 1.96 bits per heavy atom. The van der Waals surface area contributed by atoms with E-state index in [2.05, 4.69) is 10.4 Å². The number of methoxy groups -OCH3 is 1. The van der Waals surface area contributed by atoms with Gasteiger partial charge in [-0.3, -0.25) is 4.79 Å². The second kappa shape index (κ2) is 7.05. The number of rotatable bonds is 4. The lowest BCUT2D eigenvalue weighted by molar-refractivity contribution is 0.102. The molecule has 1 N–H and O–H groups in total. The first-order chi connectivity index (χ1) is 12.7. The Morgan fingerprint density at radius 1 is 1.19 bits per heavy atom. The number of para-hydroxylation sites is 1. The van der Waals surface area contributed by atoms with E-state index in [-0.39, 0.29) is 5.91 Å². The van der Waals surface area contributed by atoms with Gasteiger partial charge in [-0.2, -0.15) is 16.9 Å². The Morgan fingerprint density at radius 3 is 2.73 bits per heavy atom. The Balaban J connectivity index is 1.74. The van der Waals surface area contributed by atoms with E-state index < -0.39 is 0 Å². The van der Waals surface area contributed by atoms with Gasteiger partial charge in [-0.15, -0.1) is 0 Å². The molecular weight excluding hydrogens is 370 g/mol. The molecule has 0 saturated heterocycles. The van der Waals surface area contributed by atoms with E-state index in [1.165, 1.54) is 0 Å². The van der Waals surface area contributed by atoms with Crippen LogP contribution in [-0.2, 0) is 11.5 Å². The van der Waals surface area contributed by atoms with Crippen LogP contribution in [0.25, 0.3) is 5.69 Å². The van der Waals surface area contributed by atoms with Crippen LogP contribution < -0.4 is 10.1 Å². The van der Waals surface area contributed by atoms with Crippen LogP contribution >= 0.6 is 23.4 Å². The number of hydrogen-bond donors (Lipinski definition) is 1. The number of carbonyl (C=O) groups is 1. The molecule has 0 aliphatic carbocycles. The van der Waals surface area contributed by atoms with Crippen LogP contribution in [0.5, 0.6) is 5.75 Å². The van der Waals surface area contributed by atoms with Crippen molar-refractivity contribution in [3.05, 3.63) is 70.4 Å². The third-order valence-electron chi connectivity index (χ3n) is 4.21. The number of ether oxygens (including phenoxy) is 1. The van der Waals surface area contributed by atoms with Crippen molar-refractivity contribution < 1.29 is 9.53 Å². The number of carbonyl (C=O) groups excluding carboxylic acids is 1. The highest BCUT2D eigenvalue weighted by molar-refractivity contribution is 7.98. The second-order valence-electron chi connectivity index (χ2n) is 5.81. The number of aromatic nitrogens is 2. The standard InChI is InChI=1S/C19H16ClN3O2S/c1-25-17-5-3-2-4-14(17)19(24)21-18-15-10-26-11-16(15)22-23(18)13-8-6-12(20)7-9-13/h2-9H,10-11H2,1H3,(H,21,24). The van der Waals surface area contributed by atoms with Crippen molar-refractivity contribution in [1.29, 1.82) is 0 Å². The van der Waals surface area contributed by atoms with Gasteiger partial charge in [0.2, 0.25) is 0 Å². The molecule has 0 atom stereocenters. The molecule has 2 aromatic carbocycles. The normalized spacial score (nSPS) is 12.7. The van der Waals surface area contributed by atoms with Gasteiger partial charge in [0.15, 0.2) is 0 Å². The van der Waals surface area contributed by atoms with E-state index in [4.69, 9.17) is 16.3 Å². The molecule has 1 aromatic heterocycles. The highest BCUT2D eigenvalue weighted by atomic mass is 35.5. The van der Waals surface area contributed by atoms with E-state index in [9.17, 15) is 4.79 Å². The second-order valence-corrected chi connectivity index (χ2v) is 7.23. The van der Waals surface area contributed by atoms with Crippen LogP contribution in [0.3, 0.4) is 0 Å². The number of nitrogens with zero attached hydrogens (tertiary/aromatic N) is 2. The zero-order chi connectivity index (χ0) is 18.1. The minimum atomic E-state index is -0.225. The first-order valence-electron chi connectivity index (χ1n) is 8.06. The van der Waals surface area contributed by atoms with Crippen LogP contribution in [0.2, 0.25) is 5.02 Å². The van der Waals surface area contributed by atoms with E-state index in [0.29, 0.717) is 22.2 Å². The van der Waals surface area contributed by atoms with Crippen LogP contribution in [-0.4, -0.2) is 22.8 Å². The van der Waals surface area contributed by atoms with Crippen molar-refractivity contribution in [3.63, 3.8) is 0 Å². The van der Waals surface area contributed by atoms with E-state index >= 15 is 0 Å².